The highest BCUT2D eigenvalue weighted by molar-refractivity contribution is 7.89. The van der Waals surface area contributed by atoms with Crippen LogP contribution in [0.5, 0.6) is 5.75 Å². The number of nitrogens with one attached hydrogen (secondary N) is 1. The van der Waals surface area contributed by atoms with Crippen LogP contribution in [0.25, 0.3) is 0 Å². The lowest BCUT2D eigenvalue weighted by Gasteiger charge is -2.32. The van der Waals surface area contributed by atoms with Gasteiger partial charge in [-0.05, 0) is 62.1 Å². The molecule has 0 atom stereocenters. The number of benzene rings is 1. The van der Waals surface area contributed by atoms with Gasteiger partial charge in [-0.2, -0.15) is 0 Å². The average Bonchev–Trinajstić information content (AvgIpc) is 2.73. The second kappa shape index (κ2) is 9.16. The van der Waals surface area contributed by atoms with Gasteiger partial charge in [0.1, 0.15) is 5.75 Å². The van der Waals surface area contributed by atoms with Crippen molar-refractivity contribution in [2.24, 2.45) is 5.92 Å². The fourth-order valence-corrected chi connectivity index (χ4v) is 4.32. The number of pyridine rings is 1. The van der Waals surface area contributed by atoms with E-state index < -0.39 is 10.0 Å². The van der Waals surface area contributed by atoms with Gasteiger partial charge in [0.25, 0.3) is 5.91 Å². The highest BCUT2D eigenvalue weighted by Crippen LogP contribution is 2.20. The van der Waals surface area contributed by atoms with Crippen molar-refractivity contribution in [1.29, 1.82) is 0 Å². The molecule has 0 radical (unpaired) electrons. The minimum absolute atomic E-state index is 0.0264. The predicted octanol–water partition coefficient (Wildman–Crippen LogP) is 2.31. The predicted molar refractivity (Wildman–Crippen MR) is 106 cm³/mol. The van der Waals surface area contributed by atoms with Crippen molar-refractivity contribution in [1.82, 2.24) is 14.6 Å². The summed E-state index contributed by atoms with van der Waals surface area (Å²) in [5, 5.41) is 0. The van der Waals surface area contributed by atoms with Crippen molar-refractivity contribution >= 4 is 15.9 Å². The van der Waals surface area contributed by atoms with Crippen molar-refractivity contribution in [3.05, 3.63) is 54.4 Å². The first-order valence-electron chi connectivity index (χ1n) is 9.41. The Morgan fingerprint density at radius 3 is 2.54 bits per heavy atom. The van der Waals surface area contributed by atoms with Crippen molar-refractivity contribution in [2.45, 2.75) is 24.7 Å². The molecule has 1 amide bonds. The smallest absolute Gasteiger partial charge is 0.255 e. The van der Waals surface area contributed by atoms with Gasteiger partial charge in [0, 0.05) is 32.0 Å². The molecule has 0 unspecified atom stereocenters. The van der Waals surface area contributed by atoms with Crippen molar-refractivity contribution in [2.75, 3.05) is 26.2 Å². The number of nitrogens with zero attached hydrogens (tertiary/aromatic N) is 2. The summed E-state index contributed by atoms with van der Waals surface area (Å²) in [4.78, 5) is 18.5. The van der Waals surface area contributed by atoms with Crippen molar-refractivity contribution in [3.8, 4) is 5.75 Å². The van der Waals surface area contributed by atoms with E-state index in [9.17, 15) is 13.2 Å². The summed E-state index contributed by atoms with van der Waals surface area (Å²) in [7, 11) is -3.56. The van der Waals surface area contributed by atoms with Gasteiger partial charge in [-0.1, -0.05) is 0 Å². The lowest BCUT2D eigenvalue weighted by molar-refractivity contribution is 0.0691. The molecule has 28 heavy (non-hydrogen) atoms. The number of amides is 1. The van der Waals surface area contributed by atoms with E-state index in [-0.39, 0.29) is 16.7 Å². The lowest BCUT2D eigenvalue weighted by Crippen LogP contribution is -2.41. The Morgan fingerprint density at radius 1 is 1.21 bits per heavy atom. The van der Waals surface area contributed by atoms with Gasteiger partial charge in [0.15, 0.2) is 0 Å². The van der Waals surface area contributed by atoms with Crippen LogP contribution >= 0.6 is 0 Å². The number of aromatic nitrogens is 1. The number of hydrogen-bond acceptors (Lipinski definition) is 5. The topological polar surface area (TPSA) is 88.6 Å². The third-order valence-electron chi connectivity index (χ3n) is 4.82. The number of ether oxygens (including phenoxy) is 1. The molecule has 0 spiro atoms. The number of sulfonamides is 1. The molecule has 0 bridgehead atoms. The molecular weight excluding hydrogens is 378 g/mol. The number of likely N-dealkylation sites (tertiary alicyclic amines) is 1. The minimum Gasteiger partial charge on any atom is -0.494 e. The molecule has 3 rings (SSSR count). The summed E-state index contributed by atoms with van der Waals surface area (Å²) < 4.78 is 33.0. The largest absolute Gasteiger partial charge is 0.494 e. The van der Waals surface area contributed by atoms with Crippen molar-refractivity contribution < 1.29 is 17.9 Å². The third-order valence-corrected chi connectivity index (χ3v) is 6.26. The van der Waals surface area contributed by atoms with Gasteiger partial charge in [0.05, 0.1) is 17.1 Å². The Hall–Kier alpha value is -2.45. The SMILES string of the molecule is CCOc1ccc(S(=O)(=O)NCC2CCN(C(=O)c3cccnc3)CC2)cc1. The first kappa shape index (κ1) is 20.3. The van der Waals surface area contributed by atoms with Crippen LogP contribution in [0.2, 0.25) is 0 Å². The summed E-state index contributed by atoms with van der Waals surface area (Å²) in [6.45, 7) is 4.00. The number of hydrogen-bond donors (Lipinski definition) is 1. The molecule has 1 aromatic carbocycles. The van der Waals surface area contributed by atoms with Crippen LogP contribution in [-0.2, 0) is 10.0 Å². The first-order chi connectivity index (χ1) is 13.5. The molecule has 2 heterocycles. The zero-order valence-corrected chi connectivity index (χ0v) is 16.7. The van der Waals surface area contributed by atoms with Gasteiger partial charge in [0.2, 0.25) is 10.0 Å². The molecule has 1 aliphatic heterocycles. The van der Waals surface area contributed by atoms with E-state index >= 15 is 0 Å². The Balaban J connectivity index is 1.50. The molecule has 1 N–H and O–H groups in total. The normalized spacial score (nSPS) is 15.4. The number of rotatable bonds is 7. The molecule has 0 aliphatic carbocycles. The van der Waals surface area contributed by atoms with E-state index in [1.54, 1.807) is 53.7 Å². The summed E-state index contributed by atoms with van der Waals surface area (Å²) in [5.41, 5.74) is 0.581. The number of piperidine rings is 1. The molecule has 7 nitrogen and oxygen atoms in total. The molecule has 2 aromatic rings. The fourth-order valence-electron chi connectivity index (χ4n) is 3.20. The van der Waals surface area contributed by atoms with E-state index in [0.717, 1.165) is 12.8 Å². The highest BCUT2D eigenvalue weighted by Gasteiger charge is 2.25. The number of carbonyl (C=O) groups is 1. The fraction of sp³-hybridized carbons (Fsp3) is 0.400. The van der Waals surface area contributed by atoms with Crippen LogP contribution in [0, 0.1) is 5.92 Å². The molecule has 1 fully saturated rings. The first-order valence-corrected chi connectivity index (χ1v) is 10.9. The van der Waals surface area contributed by atoms with E-state index in [0.29, 0.717) is 37.6 Å². The van der Waals surface area contributed by atoms with E-state index in [4.69, 9.17) is 4.74 Å². The van der Waals surface area contributed by atoms with Crippen LogP contribution in [0.1, 0.15) is 30.1 Å². The molecule has 0 saturated carbocycles. The van der Waals surface area contributed by atoms with Gasteiger partial charge >= 0.3 is 0 Å². The Kier molecular flexibility index (Phi) is 6.64. The second-order valence-electron chi connectivity index (χ2n) is 6.73. The maximum Gasteiger partial charge on any atom is 0.255 e. The maximum atomic E-state index is 12.5. The summed E-state index contributed by atoms with van der Waals surface area (Å²) >= 11 is 0. The van der Waals surface area contributed by atoms with E-state index in [1.807, 2.05) is 6.92 Å². The minimum atomic E-state index is -3.56. The van der Waals surface area contributed by atoms with Crippen molar-refractivity contribution in [3.63, 3.8) is 0 Å². The monoisotopic (exact) mass is 403 g/mol. The lowest BCUT2D eigenvalue weighted by atomic mass is 9.97. The van der Waals surface area contributed by atoms with Crippen LogP contribution in [0.4, 0.5) is 0 Å². The molecule has 1 aromatic heterocycles. The van der Waals surface area contributed by atoms with Gasteiger partial charge < -0.3 is 9.64 Å². The van der Waals surface area contributed by atoms with Crippen LogP contribution in [0.15, 0.2) is 53.7 Å². The quantitative estimate of drug-likeness (QED) is 0.766. The molecule has 8 heteroatoms. The summed E-state index contributed by atoms with van der Waals surface area (Å²) in [6, 6.07) is 9.90. The molecule has 150 valence electrons. The Labute approximate surface area is 165 Å². The summed E-state index contributed by atoms with van der Waals surface area (Å²) in [5.74, 6) is 0.823. The van der Waals surface area contributed by atoms with E-state index in [2.05, 4.69) is 9.71 Å². The van der Waals surface area contributed by atoms with Crippen LogP contribution in [-0.4, -0.2) is 50.5 Å². The standard InChI is InChI=1S/C20H25N3O4S/c1-2-27-18-5-7-19(8-6-18)28(25,26)22-14-16-9-12-23(13-10-16)20(24)17-4-3-11-21-15-17/h3-8,11,15-16,22H,2,9-10,12-14H2,1H3. The van der Waals surface area contributed by atoms with E-state index in [1.165, 1.54) is 0 Å². The second-order valence-corrected chi connectivity index (χ2v) is 8.50. The maximum absolute atomic E-state index is 12.5. The zero-order chi connectivity index (χ0) is 20.0. The van der Waals surface area contributed by atoms with Gasteiger partial charge in [-0.15, -0.1) is 0 Å². The van der Waals surface area contributed by atoms with Gasteiger partial charge in [-0.3, -0.25) is 9.78 Å². The average molecular weight is 404 g/mol. The van der Waals surface area contributed by atoms with Crippen LogP contribution in [0.3, 0.4) is 0 Å². The Bertz CT molecular complexity index is 877. The molecule has 1 saturated heterocycles. The Morgan fingerprint density at radius 2 is 1.93 bits per heavy atom. The summed E-state index contributed by atoms with van der Waals surface area (Å²) in [6.07, 6.45) is 4.73. The highest BCUT2D eigenvalue weighted by atomic mass is 32.2. The number of carbonyl (C=O) groups excluding carboxylic acids is 1. The van der Waals surface area contributed by atoms with Gasteiger partial charge in [-0.25, -0.2) is 13.1 Å². The van der Waals surface area contributed by atoms with Crippen LogP contribution < -0.4 is 9.46 Å². The molecular formula is C20H25N3O4S. The third kappa shape index (κ3) is 5.08. The molecule has 1 aliphatic rings. The zero-order valence-electron chi connectivity index (χ0n) is 15.9.